The molecule has 0 aliphatic rings. The maximum absolute atomic E-state index is 11.9. The molecule has 0 atom stereocenters. The summed E-state index contributed by atoms with van der Waals surface area (Å²) >= 11 is 0. The third kappa shape index (κ3) is 2.95. The number of aromatic nitrogens is 1. The fraction of sp³-hybridized carbons (Fsp3) is 0.500. The molecule has 16 heavy (non-hydrogen) atoms. The van der Waals surface area contributed by atoms with Gasteiger partial charge in [-0.3, -0.25) is 4.79 Å². The van der Waals surface area contributed by atoms with Crippen molar-refractivity contribution in [1.29, 1.82) is 0 Å². The van der Waals surface area contributed by atoms with Crippen LogP contribution >= 0.6 is 0 Å². The Kier molecular flexibility index (Phi) is 4.28. The Morgan fingerprint density at radius 3 is 2.69 bits per heavy atom. The lowest BCUT2D eigenvalue weighted by molar-refractivity contribution is 0.0802. The van der Waals surface area contributed by atoms with Crippen molar-refractivity contribution >= 4 is 11.7 Å². The van der Waals surface area contributed by atoms with Gasteiger partial charge in [0.05, 0.1) is 0 Å². The summed E-state index contributed by atoms with van der Waals surface area (Å²) in [6.07, 6.45) is 1.84. The maximum atomic E-state index is 11.9. The van der Waals surface area contributed by atoms with Gasteiger partial charge in [-0.1, -0.05) is 13.3 Å². The van der Waals surface area contributed by atoms with Gasteiger partial charge in [-0.15, -0.1) is 0 Å². The summed E-state index contributed by atoms with van der Waals surface area (Å²) in [7, 11) is 1.78. The molecule has 0 radical (unpaired) electrons. The first-order valence-corrected chi connectivity index (χ1v) is 5.60. The summed E-state index contributed by atoms with van der Waals surface area (Å²) in [6.45, 7) is 4.70. The SMILES string of the molecule is CCCc1cc(C(=O)N(C)CC)cc(N)n1. The second-order valence-electron chi connectivity index (χ2n) is 3.84. The molecule has 4 nitrogen and oxygen atoms in total. The van der Waals surface area contributed by atoms with Crippen LogP contribution < -0.4 is 5.73 Å². The third-order valence-electron chi connectivity index (χ3n) is 2.47. The Hall–Kier alpha value is -1.58. The number of pyridine rings is 1. The second-order valence-corrected chi connectivity index (χ2v) is 3.84. The first-order chi connectivity index (χ1) is 7.58. The van der Waals surface area contributed by atoms with Crippen LogP contribution in [0.4, 0.5) is 5.82 Å². The van der Waals surface area contributed by atoms with Gasteiger partial charge in [0.25, 0.3) is 5.91 Å². The summed E-state index contributed by atoms with van der Waals surface area (Å²) in [5.74, 6) is 0.410. The number of nitrogens with two attached hydrogens (primary N) is 1. The largest absolute Gasteiger partial charge is 0.384 e. The molecule has 0 spiro atoms. The first kappa shape index (κ1) is 12.5. The van der Waals surface area contributed by atoms with E-state index < -0.39 is 0 Å². The smallest absolute Gasteiger partial charge is 0.253 e. The monoisotopic (exact) mass is 221 g/mol. The zero-order valence-electron chi connectivity index (χ0n) is 10.2. The molecular formula is C12H19N3O. The third-order valence-corrected chi connectivity index (χ3v) is 2.47. The van der Waals surface area contributed by atoms with Crippen LogP contribution in [0, 0.1) is 0 Å². The van der Waals surface area contributed by atoms with E-state index in [1.165, 1.54) is 0 Å². The summed E-state index contributed by atoms with van der Waals surface area (Å²) in [5.41, 5.74) is 7.20. The van der Waals surface area contributed by atoms with E-state index >= 15 is 0 Å². The van der Waals surface area contributed by atoms with Gasteiger partial charge in [0.15, 0.2) is 0 Å². The molecule has 4 heteroatoms. The highest BCUT2D eigenvalue weighted by Crippen LogP contribution is 2.11. The Balaban J connectivity index is 2.99. The fourth-order valence-electron chi connectivity index (χ4n) is 1.48. The van der Waals surface area contributed by atoms with E-state index in [1.54, 1.807) is 18.0 Å². The number of nitrogens with zero attached hydrogens (tertiary/aromatic N) is 2. The number of rotatable bonds is 4. The molecule has 1 aromatic rings. The van der Waals surface area contributed by atoms with Crippen molar-refractivity contribution in [3.05, 3.63) is 23.4 Å². The zero-order valence-corrected chi connectivity index (χ0v) is 10.2. The Labute approximate surface area is 96.5 Å². The van der Waals surface area contributed by atoms with Crippen LogP contribution in [0.2, 0.25) is 0 Å². The predicted octanol–water partition coefficient (Wildman–Crippen LogP) is 1.71. The minimum absolute atomic E-state index is 0.00560. The predicted molar refractivity (Wildman–Crippen MR) is 65.3 cm³/mol. The number of carbonyl (C=O) groups is 1. The molecule has 0 fully saturated rings. The van der Waals surface area contributed by atoms with Crippen LogP contribution in [0.15, 0.2) is 12.1 Å². The van der Waals surface area contributed by atoms with Crippen LogP contribution in [0.5, 0.6) is 0 Å². The highest BCUT2D eigenvalue weighted by atomic mass is 16.2. The van der Waals surface area contributed by atoms with Crippen molar-refractivity contribution in [2.45, 2.75) is 26.7 Å². The number of nitrogen functional groups attached to an aromatic ring is 1. The van der Waals surface area contributed by atoms with Gasteiger partial charge in [0.2, 0.25) is 0 Å². The molecule has 1 heterocycles. The van der Waals surface area contributed by atoms with Gasteiger partial charge in [-0.2, -0.15) is 0 Å². The van der Waals surface area contributed by atoms with E-state index in [4.69, 9.17) is 5.73 Å². The fourth-order valence-corrected chi connectivity index (χ4v) is 1.48. The molecule has 0 saturated heterocycles. The number of hydrogen-bond donors (Lipinski definition) is 1. The second kappa shape index (κ2) is 5.49. The lowest BCUT2D eigenvalue weighted by Crippen LogP contribution is -2.26. The number of aryl methyl sites for hydroxylation is 1. The van der Waals surface area contributed by atoms with Crippen molar-refractivity contribution in [2.24, 2.45) is 0 Å². The van der Waals surface area contributed by atoms with Gasteiger partial charge >= 0.3 is 0 Å². The Morgan fingerprint density at radius 1 is 1.44 bits per heavy atom. The first-order valence-electron chi connectivity index (χ1n) is 5.60. The highest BCUT2D eigenvalue weighted by molar-refractivity contribution is 5.94. The average Bonchev–Trinajstić information content (AvgIpc) is 2.26. The van der Waals surface area contributed by atoms with Gasteiger partial charge in [-0.05, 0) is 25.5 Å². The highest BCUT2D eigenvalue weighted by Gasteiger charge is 2.11. The molecule has 0 aliphatic carbocycles. The summed E-state index contributed by atoms with van der Waals surface area (Å²) in [4.78, 5) is 17.8. The summed E-state index contributed by atoms with van der Waals surface area (Å²) < 4.78 is 0. The molecule has 0 aliphatic heterocycles. The molecule has 1 rings (SSSR count). The van der Waals surface area contributed by atoms with Crippen molar-refractivity contribution in [1.82, 2.24) is 9.88 Å². The van der Waals surface area contributed by atoms with E-state index in [-0.39, 0.29) is 5.91 Å². The molecule has 0 saturated carbocycles. The minimum Gasteiger partial charge on any atom is -0.384 e. The van der Waals surface area contributed by atoms with Crippen LogP contribution in [0.3, 0.4) is 0 Å². The minimum atomic E-state index is -0.00560. The standard InChI is InChI=1S/C12H19N3O/c1-4-6-10-7-9(8-11(13)14-10)12(16)15(3)5-2/h7-8H,4-6H2,1-3H3,(H2,13,14). The van der Waals surface area contributed by atoms with Crippen molar-refractivity contribution < 1.29 is 4.79 Å². The summed E-state index contributed by atoms with van der Waals surface area (Å²) in [6, 6.07) is 3.46. The van der Waals surface area contributed by atoms with E-state index in [9.17, 15) is 4.79 Å². The van der Waals surface area contributed by atoms with Crippen LogP contribution in [0.25, 0.3) is 0 Å². The number of carbonyl (C=O) groups excluding carboxylic acids is 1. The van der Waals surface area contributed by atoms with Gasteiger partial charge in [0.1, 0.15) is 5.82 Å². The van der Waals surface area contributed by atoms with E-state index in [0.29, 0.717) is 17.9 Å². The quantitative estimate of drug-likeness (QED) is 0.842. The topological polar surface area (TPSA) is 59.2 Å². The summed E-state index contributed by atoms with van der Waals surface area (Å²) in [5, 5.41) is 0. The average molecular weight is 221 g/mol. The lowest BCUT2D eigenvalue weighted by Gasteiger charge is -2.15. The molecule has 1 amide bonds. The molecule has 1 aromatic heterocycles. The number of amides is 1. The molecule has 0 unspecified atom stereocenters. The van der Waals surface area contributed by atoms with Crippen LogP contribution in [0.1, 0.15) is 36.3 Å². The van der Waals surface area contributed by atoms with Crippen molar-refractivity contribution in [3.63, 3.8) is 0 Å². The number of hydrogen-bond acceptors (Lipinski definition) is 3. The zero-order chi connectivity index (χ0) is 12.1. The van der Waals surface area contributed by atoms with E-state index in [0.717, 1.165) is 18.5 Å². The van der Waals surface area contributed by atoms with Crippen LogP contribution in [-0.2, 0) is 6.42 Å². The van der Waals surface area contributed by atoms with Gasteiger partial charge < -0.3 is 10.6 Å². The molecular weight excluding hydrogens is 202 g/mol. The molecule has 0 bridgehead atoms. The normalized spacial score (nSPS) is 10.2. The van der Waals surface area contributed by atoms with Crippen molar-refractivity contribution in [2.75, 3.05) is 19.3 Å². The number of anilines is 1. The Bertz CT molecular complexity index is 377. The molecule has 0 aromatic carbocycles. The molecule has 88 valence electrons. The van der Waals surface area contributed by atoms with Gasteiger partial charge in [0, 0.05) is 24.8 Å². The van der Waals surface area contributed by atoms with Crippen LogP contribution in [-0.4, -0.2) is 29.4 Å². The van der Waals surface area contributed by atoms with Crippen molar-refractivity contribution in [3.8, 4) is 0 Å². The maximum Gasteiger partial charge on any atom is 0.253 e. The Morgan fingerprint density at radius 2 is 2.12 bits per heavy atom. The van der Waals surface area contributed by atoms with E-state index in [1.807, 2.05) is 13.0 Å². The molecule has 2 N–H and O–H groups in total. The lowest BCUT2D eigenvalue weighted by atomic mass is 10.1. The van der Waals surface area contributed by atoms with E-state index in [2.05, 4.69) is 11.9 Å². The van der Waals surface area contributed by atoms with Gasteiger partial charge in [-0.25, -0.2) is 4.98 Å².